The van der Waals surface area contributed by atoms with Gasteiger partial charge in [-0.25, -0.2) is 0 Å². The number of rotatable bonds is 6. The van der Waals surface area contributed by atoms with Crippen LogP contribution < -0.4 is 5.32 Å². The highest BCUT2D eigenvalue weighted by atomic mass is 32.2. The van der Waals surface area contributed by atoms with Crippen molar-refractivity contribution in [1.82, 2.24) is 4.98 Å². The lowest BCUT2D eigenvalue weighted by molar-refractivity contribution is -0.108. The number of pyridine rings is 1. The van der Waals surface area contributed by atoms with Gasteiger partial charge >= 0.3 is 0 Å². The van der Waals surface area contributed by atoms with E-state index >= 15 is 0 Å². The number of thioether (sulfide) groups is 1. The summed E-state index contributed by atoms with van der Waals surface area (Å²) in [6.07, 6.45) is 7.26. The van der Waals surface area contributed by atoms with Crippen LogP contribution in [-0.2, 0) is 4.79 Å². The number of carbonyl (C=O) groups is 1. The van der Waals surface area contributed by atoms with Crippen molar-refractivity contribution in [1.29, 1.82) is 0 Å². The first-order valence-corrected chi connectivity index (χ1v) is 5.87. The van der Waals surface area contributed by atoms with Crippen LogP contribution in [0.4, 0.5) is 5.69 Å². The molecular formula is C10H14N2OS. The quantitative estimate of drug-likeness (QED) is 0.727. The molecule has 0 aliphatic carbocycles. The summed E-state index contributed by atoms with van der Waals surface area (Å²) < 4.78 is 0. The van der Waals surface area contributed by atoms with Crippen molar-refractivity contribution in [2.24, 2.45) is 0 Å². The summed E-state index contributed by atoms with van der Waals surface area (Å²) in [6, 6.07) is 3.62. The van der Waals surface area contributed by atoms with E-state index in [0.717, 1.165) is 24.1 Å². The third kappa shape index (κ3) is 3.79. The van der Waals surface area contributed by atoms with Gasteiger partial charge in [-0.1, -0.05) is 0 Å². The molecule has 3 nitrogen and oxygen atoms in total. The summed E-state index contributed by atoms with van der Waals surface area (Å²) in [5.41, 5.74) is 0.943. The van der Waals surface area contributed by atoms with E-state index in [9.17, 15) is 4.79 Å². The normalized spacial score (nSPS) is 12.1. The van der Waals surface area contributed by atoms with Gasteiger partial charge in [0.15, 0.2) is 0 Å². The molecule has 14 heavy (non-hydrogen) atoms. The Bertz CT molecular complexity index is 266. The second kappa shape index (κ2) is 6.43. The molecule has 1 N–H and O–H groups in total. The van der Waals surface area contributed by atoms with Gasteiger partial charge in [0.1, 0.15) is 6.29 Å². The van der Waals surface area contributed by atoms with Crippen LogP contribution in [0.15, 0.2) is 24.5 Å². The average molecular weight is 210 g/mol. The van der Waals surface area contributed by atoms with E-state index in [4.69, 9.17) is 0 Å². The van der Waals surface area contributed by atoms with Crippen LogP contribution >= 0.6 is 11.8 Å². The van der Waals surface area contributed by atoms with Gasteiger partial charge in [-0.05, 0) is 30.6 Å². The topological polar surface area (TPSA) is 42.0 Å². The summed E-state index contributed by atoms with van der Waals surface area (Å²) in [6.45, 7) is 0. The van der Waals surface area contributed by atoms with Crippen LogP contribution in [0.1, 0.15) is 6.42 Å². The fourth-order valence-electron chi connectivity index (χ4n) is 1.08. The van der Waals surface area contributed by atoms with Gasteiger partial charge in [0.25, 0.3) is 0 Å². The molecule has 0 aliphatic heterocycles. The minimum Gasteiger partial charge on any atom is -0.375 e. The first-order valence-electron chi connectivity index (χ1n) is 4.47. The monoisotopic (exact) mass is 210 g/mol. The van der Waals surface area contributed by atoms with Gasteiger partial charge in [-0.3, -0.25) is 4.98 Å². The molecule has 1 aromatic heterocycles. The SMILES string of the molecule is CSCC[C@@H](C=O)Nc1ccncc1. The summed E-state index contributed by atoms with van der Waals surface area (Å²) in [5.74, 6) is 0.988. The molecule has 0 unspecified atom stereocenters. The maximum Gasteiger partial charge on any atom is 0.142 e. The molecule has 0 saturated heterocycles. The van der Waals surface area contributed by atoms with Gasteiger partial charge in [0, 0.05) is 18.1 Å². The summed E-state index contributed by atoms with van der Waals surface area (Å²) >= 11 is 1.74. The number of anilines is 1. The highest BCUT2D eigenvalue weighted by Gasteiger charge is 2.05. The smallest absolute Gasteiger partial charge is 0.142 e. The van der Waals surface area contributed by atoms with E-state index in [0.29, 0.717) is 0 Å². The maximum atomic E-state index is 10.7. The Morgan fingerprint density at radius 2 is 2.29 bits per heavy atom. The van der Waals surface area contributed by atoms with E-state index in [1.54, 1.807) is 24.2 Å². The number of nitrogens with one attached hydrogen (secondary N) is 1. The van der Waals surface area contributed by atoms with Crippen molar-refractivity contribution in [3.63, 3.8) is 0 Å². The molecule has 0 radical (unpaired) electrons. The Balaban J connectivity index is 2.44. The zero-order valence-corrected chi connectivity index (χ0v) is 8.96. The lowest BCUT2D eigenvalue weighted by Gasteiger charge is -2.12. The highest BCUT2D eigenvalue weighted by molar-refractivity contribution is 7.98. The number of hydrogen-bond acceptors (Lipinski definition) is 4. The largest absolute Gasteiger partial charge is 0.375 e. The molecule has 0 bridgehead atoms. The summed E-state index contributed by atoms with van der Waals surface area (Å²) in [4.78, 5) is 14.6. The number of nitrogens with zero attached hydrogens (tertiary/aromatic N) is 1. The Morgan fingerprint density at radius 1 is 1.57 bits per heavy atom. The molecule has 1 heterocycles. The van der Waals surface area contributed by atoms with Crippen LogP contribution in [0, 0.1) is 0 Å². The predicted molar refractivity (Wildman–Crippen MR) is 60.7 cm³/mol. The third-order valence-electron chi connectivity index (χ3n) is 1.83. The van der Waals surface area contributed by atoms with Gasteiger partial charge < -0.3 is 10.1 Å². The predicted octanol–water partition coefficient (Wildman–Crippen LogP) is 1.81. The van der Waals surface area contributed by atoms with Crippen molar-refractivity contribution >= 4 is 23.7 Å². The molecule has 1 aromatic rings. The fourth-order valence-corrected chi connectivity index (χ4v) is 1.57. The number of aromatic nitrogens is 1. The summed E-state index contributed by atoms with van der Waals surface area (Å²) in [5, 5.41) is 3.14. The molecule has 76 valence electrons. The van der Waals surface area contributed by atoms with Gasteiger partial charge in [0.2, 0.25) is 0 Å². The highest BCUT2D eigenvalue weighted by Crippen LogP contribution is 2.08. The van der Waals surface area contributed by atoms with E-state index < -0.39 is 0 Å². The number of hydrogen-bond donors (Lipinski definition) is 1. The molecule has 0 amide bonds. The first kappa shape index (κ1) is 11.0. The third-order valence-corrected chi connectivity index (χ3v) is 2.47. The Morgan fingerprint density at radius 3 is 2.86 bits per heavy atom. The average Bonchev–Trinajstić information content (AvgIpc) is 2.25. The molecular weight excluding hydrogens is 196 g/mol. The Labute approximate surface area is 88.3 Å². The van der Waals surface area contributed by atoms with Gasteiger partial charge in [-0.15, -0.1) is 0 Å². The first-order chi connectivity index (χ1) is 6.86. The fraction of sp³-hybridized carbons (Fsp3) is 0.400. The van der Waals surface area contributed by atoms with Crippen molar-refractivity contribution in [3.8, 4) is 0 Å². The van der Waals surface area contributed by atoms with E-state index in [1.165, 1.54) is 0 Å². The molecule has 1 atom stereocenters. The van der Waals surface area contributed by atoms with E-state index in [1.807, 2.05) is 18.4 Å². The van der Waals surface area contributed by atoms with Crippen molar-refractivity contribution in [2.45, 2.75) is 12.5 Å². The van der Waals surface area contributed by atoms with Crippen molar-refractivity contribution in [2.75, 3.05) is 17.3 Å². The second-order valence-corrected chi connectivity index (χ2v) is 3.89. The zero-order chi connectivity index (χ0) is 10.2. The second-order valence-electron chi connectivity index (χ2n) is 2.90. The Kier molecular flexibility index (Phi) is 5.07. The van der Waals surface area contributed by atoms with Crippen LogP contribution in [0.2, 0.25) is 0 Å². The minimum atomic E-state index is -0.0927. The van der Waals surface area contributed by atoms with Gasteiger partial charge in [-0.2, -0.15) is 11.8 Å². The lowest BCUT2D eigenvalue weighted by atomic mass is 10.2. The zero-order valence-electron chi connectivity index (χ0n) is 8.14. The molecule has 0 saturated carbocycles. The van der Waals surface area contributed by atoms with Crippen LogP contribution in [0.3, 0.4) is 0 Å². The molecule has 0 fully saturated rings. The molecule has 0 aliphatic rings. The van der Waals surface area contributed by atoms with E-state index in [-0.39, 0.29) is 6.04 Å². The maximum absolute atomic E-state index is 10.7. The molecule has 4 heteroatoms. The van der Waals surface area contributed by atoms with Crippen LogP contribution in [0.5, 0.6) is 0 Å². The van der Waals surface area contributed by atoms with Crippen molar-refractivity contribution in [3.05, 3.63) is 24.5 Å². The summed E-state index contributed by atoms with van der Waals surface area (Å²) in [7, 11) is 0. The minimum absolute atomic E-state index is 0.0927. The number of aldehydes is 1. The Hall–Kier alpha value is -1.03. The lowest BCUT2D eigenvalue weighted by Crippen LogP contribution is -2.21. The van der Waals surface area contributed by atoms with E-state index in [2.05, 4.69) is 10.3 Å². The number of carbonyl (C=O) groups excluding carboxylic acids is 1. The molecule has 0 spiro atoms. The van der Waals surface area contributed by atoms with Crippen LogP contribution in [0.25, 0.3) is 0 Å². The van der Waals surface area contributed by atoms with Crippen LogP contribution in [-0.4, -0.2) is 29.3 Å². The van der Waals surface area contributed by atoms with Crippen molar-refractivity contribution < 1.29 is 4.79 Å². The van der Waals surface area contributed by atoms with Gasteiger partial charge in [0.05, 0.1) is 6.04 Å². The molecule has 0 aromatic carbocycles. The standard InChI is InChI=1S/C10H14N2OS/c1-14-7-4-10(8-13)12-9-2-5-11-6-3-9/h2-3,5-6,8,10H,4,7H2,1H3,(H,11,12)/t10-/m0/s1. The molecule has 1 rings (SSSR count).